The average Bonchev–Trinajstić information content (AvgIpc) is 2.51. The summed E-state index contributed by atoms with van der Waals surface area (Å²) in [6.45, 7) is 2.65. The summed E-state index contributed by atoms with van der Waals surface area (Å²) >= 11 is 6.04. The third-order valence-electron chi connectivity index (χ3n) is 3.17. The van der Waals surface area contributed by atoms with Crippen molar-refractivity contribution in [2.24, 2.45) is 0 Å². The molecule has 0 bridgehead atoms. The first-order valence-corrected chi connectivity index (χ1v) is 7.14. The smallest absolute Gasteiger partial charge is 0.358 e. The number of amides is 1. The Labute approximate surface area is 141 Å². The summed E-state index contributed by atoms with van der Waals surface area (Å²) in [6, 6.07) is 3.22. The lowest BCUT2D eigenvalue weighted by Gasteiger charge is -2.12. The molecule has 0 radical (unpaired) electrons. The number of aromatic nitrogens is 1. The van der Waals surface area contributed by atoms with Gasteiger partial charge in [-0.1, -0.05) is 11.6 Å². The lowest BCUT2D eigenvalue weighted by atomic mass is 10.1. The Morgan fingerprint density at radius 2 is 1.88 bits per heavy atom. The van der Waals surface area contributed by atoms with Gasteiger partial charge in [0.2, 0.25) is 5.91 Å². The van der Waals surface area contributed by atoms with Gasteiger partial charge in [-0.05, 0) is 30.7 Å². The molecule has 0 fully saturated rings. The standard InChI is InChI=1S/C16H13ClF2N2O3/c1-7-4-11(19)9(5-10(7)18)12-6-13(20-8(2)22)14(17)15(21-12)16(23)24-3/h4-6H,1-3H3,(H,20,21,22). The number of rotatable bonds is 3. The molecule has 1 amide bonds. The van der Waals surface area contributed by atoms with E-state index in [0.717, 1.165) is 19.2 Å². The predicted molar refractivity (Wildman–Crippen MR) is 85.0 cm³/mol. The molecule has 0 aliphatic carbocycles. The Morgan fingerprint density at radius 3 is 2.46 bits per heavy atom. The minimum absolute atomic E-state index is 0.0370. The lowest BCUT2D eigenvalue weighted by molar-refractivity contribution is -0.114. The summed E-state index contributed by atoms with van der Waals surface area (Å²) in [4.78, 5) is 27.0. The highest BCUT2D eigenvalue weighted by atomic mass is 35.5. The number of methoxy groups -OCH3 is 1. The summed E-state index contributed by atoms with van der Waals surface area (Å²) in [5, 5.41) is 2.25. The molecule has 126 valence electrons. The van der Waals surface area contributed by atoms with Crippen LogP contribution in [0.15, 0.2) is 18.2 Å². The molecule has 1 aromatic carbocycles. The van der Waals surface area contributed by atoms with E-state index in [2.05, 4.69) is 15.0 Å². The van der Waals surface area contributed by atoms with Crippen LogP contribution in [0.4, 0.5) is 14.5 Å². The quantitative estimate of drug-likeness (QED) is 0.853. The Kier molecular flexibility index (Phi) is 5.14. The summed E-state index contributed by atoms with van der Waals surface area (Å²) < 4.78 is 32.5. The van der Waals surface area contributed by atoms with Gasteiger partial charge < -0.3 is 10.1 Å². The maximum Gasteiger partial charge on any atom is 0.358 e. The van der Waals surface area contributed by atoms with Crippen molar-refractivity contribution in [3.63, 3.8) is 0 Å². The maximum absolute atomic E-state index is 14.2. The molecule has 24 heavy (non-hydrogen) atoms. The topological polar surface area (TPSA) is 68.3 Å². The molecule has 1 heterocycles. The zero-order valence-electron chi connectivity index (χ0n) is 13.0. The van der Waals surface area contributed by atoms with Crippen molar-refractivity contribution in [3.05, 3.63) is 46.1 Å². The molecule has 0 atom stereocenters. The molecule has 0 aliphatic rings. The van der Waals surface area contributed by atoms with Crippen molar-refractivity contribution in [2.45, 2.75) is 13.8 Å². The molecule has 0 saturated heterocycles. The number of ether oxygens (including phenoxy) is 1. The van der Waals surface area contributed by atoms with E-state index in [-0.39, 0.29) is 33.2 Å². The average molecular weight is 355 g/mol. The molecule has 0 unspecified atom stereocenters. The summed E-state index contributed by atoms with van der Waals surface area (Å²) in [5.41, 5.74) is -0.400. The molecule has 0 saturated carbocycles. The van der Waals surface area contributed by atoms with Crippen LogP contribution in [0, 0.1) is 18.6 Å². The van der Waals surface area contributed by atoms with E-state index in [9.17, 15) is 18.4 Å². The number of anilines is 1. The highest BCUT2D eigenvalue weighted by Crippen LogP contribution is 2.32. The molecule has 0 aliphatic heterocycles. The van der Waals surface area contributed by atoms with Crippen molar-refractivity contribution < 1.29 is 23.1 Å². The zero-order chi connectivity index (χ0) is 18.0. The van der Waals surface area contributed by atoms with Crippen LogP contribution in [0.5, 0.6) is 0 Å². The van der Waals surface area contributed by atoms with Crippen molar-refractivity contribution in [3.8, 4) is 11.3 Å². The largest absolute Gasteiger partial charge is 0.464 e. The Balaban J connectivity index is 2.72. The first-order valence-electron chi connectivity index (χ1n) is 6.77. The number of carbonyl (C=O) groups is 2. The van der Waals surface area contributed by atoms with Gasteiger partial charge in [0.15, 0.2) is 5.69 Å². The number of nitrogens with zero attached hydrogens (tertiary/aromatic N) is 1. The minimum atomic E-state index is -0.874. The number of nitrogens with one attached hydrogen (secondary N) is 1. The molecular formula is C16H13ClF2N2O3. The first kappa shape index (κ1) is 17.8. The van der Waals surface area contributed by atoms with Crippen LogP contribution < -0.4 is 5.32 Å². The van der Waals surface area contributed by atoms with Gasteiger partial charge in [0.25, 0.3) is 0 Å². The second-order valence-corrected chi connectivity index (χ2v) is 5.35. The van der Waals surface area contributed by atoms with Crippen molar-refractivity contribution in [1.29, 1.82) is 0 Å². The van der Waals surface area contributed by atoms with Gasteiger partial charge in [0.1, 0.15) is 11.6 Å². The first-order chi connectivity index (χ1) is 11.2. The van der Waals surface area contributed by atoms with Crippen molar-refractivity contribution in [2.75, 3.05) is 12.4 Å². The van der Waals surface area contributed by atoms with E-state index >= 15 is 0 Å². The van der Waals surface area contributed by atoms with Crippen molar-refractivity contribution in [1.82, 2.24) is 4.98 Å². The van der Waals surface area contributed by atoms with Gasteiger partial charge >= 0.3 is 5.97 Å². The number of hydrogen-bond acceptors (Lipinski definition) is 4. The van der Waals surface area contributed by atoms with Crippen LogP contribution in [-0.4, -0.2) is 24.0 Å². The second-order valence-electron chi connectivity index (χ2n) is 4.97. The highest BCUT2D eigenvalue weighted by Gasteiger charge is 2.21. The highest BCUT2D eigenvalue weighted by molar-refractivity contribution is 6.36. The predicted octanol–water partition coefficient (Wildman–Crippen LogP) is 3.73. The van der Waals surface area contributed by atoms with E-state index < -0.39 is 23.5 Å². The fraction of sp³-hybridized carbons (Fsp3) is 0.188. The number of pyridine rings is 1. The van der Waals surface area contributed by atoms with Gasteiger partial charge in [0.05, 0.1) is 23.5 Å². The number of hydrogen-bond donors (Lipinski definition) is 1. The lowest BCUT2D eigenvalue weighted by Crippen LogP contribution is -2.12. The van der Waals surface area contributed by atoms with Crippen LogP contribution in [-0.2, 0) is 9.53 Å². The zero-order valence-corrected chi connectivity index (χ0v) is 13.8. The van der Waals surface area contributed by atoms with E-state index in [1.165, 1.54) is 19.9 Å². The fourth-order valence-corrected chi connectivity index (χ4v) is 2.24. The summed E-state index contributed by atoms with van der Waals surface area (Å²) in [5.74, 6) is -2.70. The van der Waals surface area contributed by atoms with Crippen LogP contribution in [0.1, 0.15) is 23.0 Å². The van der Waals surface area contributed by atoms with Crippen LogP contribution in [0.25, 0.3) is 11.3 Å². The molecule has 1 N–H and O–H groups in total. The Bertz CT molecular complexity index is 841. The van der Waals surface area contributed by atoms with E-state index in [1.807, 2.05) is 0 Å². The van der Waals surface area contributed by atoms with E-state index in [1.54, 1.807) is 0 Å². The van der Waals surface area contributed by atoms with Gasteiger partial charge in [-0.15, -0.1) is 0 Å². The maximum atomic E-state index is 14.2. The fourth-order valence-electron chi connectivity index (χ4n) is 2.02. The molecule has 5 nitrogen and oxygen atoms in total. The number of carbonyl (C=O) groups excluding carboxylic acids is 2. The number of aryl methyl sites for hydroxylation is 1. The normalized spacial score (nSPS) is 10.4. The molecule has 0 spiro atoms. The molecular weight excluding hydrogens is 342 g/mol. The molecule has 1 aromatic heterocycles. The van der Waals surface area contributed by atoms with Gasteiger partial charge in [0, 0.05) is 12.5 Å². The SMILES string of the molecule is COC(=O)c1nc(-c2cc(F)c(C)cc2F)cc(NC(C)=O)c1Cl. The summed E-state index contributed by atoms with van der Waals surface area (Å²) in [7, 11) is 1.12. The number of benzene rings is 1. The number of halogens is 3. The van der Waals surface area contributed by atoms with Crippen molar-refractivity contribution >= 4 is 29.2 Å². The third kappa shape index (κ3) is 3.51. The molecule has 2 rings (SSSR count). The van der Waals surface area contributed by atoms with E-state index in [4.69, 9.17) is 11.6 Å². The van der Waals surface area contributed by atoms with Gasteiger partial charge in [-0.25, -0.2) is 18.6 Å². The second kappa shape index (κ2) is 6.92. The van der Waals surface area contributed by atoms with Crippen LogP contribution >= 0.6 is 11.6 Å². The Hall–Kier alpha value is -2.54. The van der Waals surface area contributed by atoms with Gasteiger partial charge in [-0.3, -0.25) is 4.79 Å². The Morgan fingerprint density at radius 1 is 1.21 bits per heavy atom. The molecule has 2 aromatic rings. The van der Waals surface area contributed by atoms with E-state index in [0.29, 0.717) is 0 Å². The third-order valence-corrected chi connectivity index (χ3v) is 3.55. The number of esters is 1. The molecule has 8 heteroatoms. The van der Waals surface area contributed by atoms with Crippen LogP contribution in [0.2, 0.25) is 5.02 Å². The summed E-state index contributed by atoms with van der Waals surface area (Å²) in [6.07, 6.45) is 0. The minimum Gasteiger partial charge on any atom is -0.464 e. The van der Waals surface area contributed by atoms with Gasteiger partial charge in [-0.2, -0.15) is 0 Å². The van der Waals surface area contributed by atoms with Crippen LogP contribution in [0.3, 0.4) is 0 Å². The monoisotopic (exact) mass is 354 g/mol.